The fourth-order valence-electron chi connectivity index (χ4n) is 3.13. The maximum absolute atomic E-state index is 13.1. The van der Waals surface area contributed by atoms with Crippen LogP contribution in [0.2, 0.25) is 0 Å². The molecule has 1 saturated heterocycles. The van der Waals surface area contributed by atoms with E-state index in [0.717, 1.165) is 6.42 Å². The van der Waals surface area contributed by atoms with Crippen LogP contribution in [0.25, 0.3) is 0 Å². The molecule has 0 aromatic heterocycles. The smallest absolute Gasteiger partial charge is 0.338 e. The number of carbonyl (C=O) groups excluding carboxylic acids is 3. The second kappa shape index (κ2) is 8.65. The molecule has 1 aliphatic heterocycles. The Bertz CT molecular complexity index is 882. The van der Waals surface area contributed by atoms with E-state index in [-0.39, 0.29) is 11.5 Å². The number of hydrogen-bond acceptors (Lipinski definition) is 4. The maximum atomic E-state index is 13.1. The highest BCUT2D eigenvalue weighted by molar-refractivity contribution is 5.99. The Morgan fingerprint density at radius 3 is 2.57 bits per heavy atom. The third-order valence-corrected chi connectivity index (χ3v) is 4.55. The number of anilines is 2. The van der Waals surface area contributed by atoms with Crippen LogP contribution in [0.1, 0.15) is 30.1 Å². The lowest BCUT2D eigenvalue weighted by atomic mass is 10.2. The van der Waals surface area contributed by atoms with Crippen molar-refractivity contribution in [3.63, 3.8) is 0 Å². The molecule has 0 N–H and O–H groups in total. The van der Waals surface area contributed by atoms with Gasteiger partial charge in [-0.2, -0.15) is 0 Å². The van der Waals surface area contributed by atoms with Crippen molar-refractivity contribution in [3.8, 4) is 0 Å². The van der Waals surface area contributed by atoms with E-state index in [2.05, 4.69) is 0 Å². The molecule has 0 unspecified atom stereocenters. The van der Waals surface area contributed by atoms with E-state index < -0.39 is 24.3 Å². The highest BCUT2D eigenvalue weighted by atomic mass is 19.1. The van der Waals surface area contributed by atoms with Crippen molar-refractivity contribution in [2.45, 2.75) is 19.8 Å². The van der Waals surface area contributed by atoms with Gasteiger partial charge in [0.1, 0.15) is 5.82 Å². The van der Waals surface area contributed by atoms with Crippen molar-refractivity contribution in [3.05, 3.63) is 59.9 Å². The number of halogens is 1. The number of esters is 1. The summed E-state index contributed by atoms with van der Waals surface area (Å²) >= 11 is 0. The molecule has 7 heteroatoms. The Morgan fingerprint density at radius 2 is 1.93 bits per heavy atom. The van der Waals surface area contributed by atoms with E-state index in [1.54, 1.807) is 36.1 Å². The van der Waals surface area contributed by atoms with Crippen molar-refractivity contribution in [2.75, 3.05) is 29.5 Å². The molecule has 3 rings (SSSR count). The molecule has 6 nitrogen and oxygen atoms in total. The first-order valence-electron chi connectivity index (χ1n) is 9.13. The number of likely N-dealkylation sites (N-methyl/N-ethyl adjacent to an activating group) is 1. The molecule has 0 bridgehead atoms. The third kappa shape index (κ3) is 4.36. The Kier molecular flexibility index (Phi) is 6.03. The lowest BCUT2D eigenvalue weighted by Crippen LogP contribution is -2.34. The summed E-state index contributed by atoms with van der Waals surface area (Å²) in [6.45, 7) is 2.32. The predicted octanol–water partition coefficient (Wildman–Crippen LogP) is 3.16. The monoisotopic (exact) mass is 384 g/mol. The molecule has 0 saturated carbocycles. The minimum atomic E-state index is -0.642. The number of carbonyl (C=O) groups is 3. The van der Waals surface area contributed by atoms with Gasteiger partial charge in [-0.05, 0) is 55.8 Å². The molecule has 1 heterocycles. The SMILES string of the molecule is CCN(C(=O)COC(=O)c1cccc(N2CCCC2=O)c1)c1ccc(F)cc1. The van der Waals surface area contributed by atoms with E-state index in [1.165, 1.54) is 29.2 Å². The molecule has 28 heavy (non-hydrogen) atoms. The lowest BCUT2D eigenvalue weighted by Gasteiger charge is -2.21. The first kappa shape index (κ1) is 19.5. The van der Waals surface area contributed by atoms with Gasteiger partial charge in [0.25, 0.3) is 5.91 Å². The number of rotatable bonds is 6. The van der Waals surface area contributed by atoms with Crippen LogP contribution < -0.4 is 9.80 Å². The van der Waals surface area contributed by atoms with Crippen molar-refractivity contribution >= 4 is 29.2 Å². The summed E-state index contributed by atoms with van der Waals surface area (Å²) in [4.78, 5) is 39.7. The topological polar surface area (TPSA) is 66.9 Å². The van der Waals surface area contributed by atoms with E-state index in [4.69, 9.17) is 4.74 Å². The van der Waals surface area contributed by atoms with Crippen LogP contribution in [0.5, 0.6) is 0 Å². The second-order valence-electron chi connectivity index (χ2n) is 6.39. The number of amides is 2. The molecule has 146 valence electrons. The number of ether oxygens (including phenoxy) is 1. The second-order valence-corrected chi connectivity index (χ2v) is 6.39. The Labute approximate surface area is 162 Å². The molecular formula is C21H21FN2O4. The van der Waals surface area contributed by atoms with Gasteiger partial charge in [-0.3, -0.25) is 9.59 Å². The van der Waals surface area contributed by atoms with Gasteiger partial charge < -0.3 is 14.5 Å². The zero-order chi connectivity index (χ0) is 20.1. The van der Waals surface area contributed by atoms with Gasteiger partial charge in [0.05, 0.1) is 5.56 Å². The summed E-state index contributed by atoms with van der Waals surface area (Å²) in [5.41, 5.74) is 1.44. The molecule has 0 aliphatic carbocycles. The van der Waals surface area contributed by atoms with Crippen molar-refractivity contribution in [1.29, 1.82) is 0 Å². The summed E-state index contributed by atoms with van der Waals surface area (Å²) in [5.74, 6) is -1.42. The number of benzene rings is 2. The van der Waals surface area contributed by atoms with Crippen LogP contribution in [0.15, 0.2) is 48.5 Å². The van der Waals surface area contributed by atoms with Crippen LogP contribution in [-0.4, -0.2) is 37.5 Å². The van der Waals surface area contributed by atoms with Crippen LogP contribution >= 0.6 is 0 Å². The summed E-state index contributed by atoms with van der Waals surface area (Å²) in [6.07, 6.45) is 1.29. The molecule has 2 aromatic rings. The Balaban J connectivity index is 1.64. The Hall–Kier alpha value is -3.22. The van der Waals surface area contributed by atoms with Crippen LogP contribution in [0.3, 0.4) is 0 Å². The predicted molar refractivity (Wildman–Crippen MR) is 103 cm³/mol. The summed E-state index contributed by atoms with van der Waals surface area (Å²) in [6, 6.07) is 12.1. The molecule has 0 atom stereocenters. The van der Waals surface area contributed by atoms with Crippen molar-refractivity contribution in [1.82, 2.24) is 0 Å². The summed E-state index contributed by atoms with van der Waals surface area (Å²) < 4.78 is 18.2. The third-order valence-electron chi connectivity index (χ3n) is 4.55. The van der Waals surface area contributed by atoms with Gasteiger partial charge in [0.2, 0.25) is 5.91 Å². The van der Waals surface area contributed by atoms with Gasteiger partial charge in [-0.1, -0.05) is 6.07 Å². The minimum absolute atomic E-state index is 0.0265. The maximum Gasteiger partial charge on any atom is 0.338 e. The van der Waals surface area contributed by atoms with E-state index in [1.807, 2.05) is 0 Å². The largest absolute Gasteiger partial charge is 0.452 e. The van der Waals surface area contributed by atoms with Crippen molar-refractivity contribution in [2.24, 2.45) is 0 Å². The Morgan fingerprint density at radius 1 is 1.18 bits per heavy atom. The highest BCUT2D eigenvalue weighted by Gasteiger charge is 2.23. The quantitative estimate of drug-likeness (QED) is 0.718. The normalized spacial score (nSPS) is 13.5. The molecular weight excluding hydrogens is 363 g/mol. The van der Waals surface area contributed by atoms with E-state index in [9.17, 15) is 18.8 Å². The first-order valence-corrected chi connectivity index (χ1v) is 9.13. The molecule has 1 aliphatic rings. The average molecular weight is 384 g/mol. The van der Waals surface area contributed by atoms with Gasteiger partial charge in [-0.15, -0.1) is 0 Å². The standard InChI is InChI=1S/C21H21FN2O4/c1-2-23(17-10-8-16(22)9-11-17)20(26)14-28-21(27)15-5-3-6-18(13-15)24-12-4-7-19(24)25/h3,5-6,8-11,13H,2,4,7,12,14H2,1H3. The lowest BCUT2D eigenvalue weighted by molar-refractivity contribution is -0.121. The first-order chi connectivity index (χ1) is 13.5. The highest BCUT2D eigenvalue weighted by Crippen LogP contribution is 2.22. The molecule has 2 aromatic carbocycles. The zero-order valence-corrected chi connectivity index (χ0v) is 15.6. The molecule has 2 amide bonds. The van der Waals surface area contributed by atoms with Gasteiger partial charge in [-0.25, -0.2) is 9.18 Å². The van der Waals surface area contributed by atoms with Crippen LogP contribution in [0, 0.1) is 5.82 Å². The summed E-state index contributed by atoms with van der Waals surface area (Å²) in [5, 5.41) is 0. The minimum Gasteiger partial charge on any atom is -0.452 e. The fraction of sp³-hybridized carbons (Fsp3) is 0.286. The van der Waals surface area contributed by atoms with E-state index in [0.29, 0.717) is 30.9 Å². The molecule has 1 fully saturated rings. The van der Waals surface area contributed by atoms with Gasteiger partial charge in [0.15, 0.2) is 6.61 Å². The van der Waals surface area contributed by atoms with Crippen LogP contribution in [-0.2, 0) is 14.3 Å². The summed E-state index contributed by atoms with van der Waals surface area (Å²) in [7, 11) is 0. The number of nitrogens with zero attached hydrogens (tertiary/aromatic N) is 2. The fourth-order valence-corrected chi connectivity index (χ4v) is 3.13. The van der Waals surface area contributed by atoms with Gasteiger partial charge in [0, 0.05) is 30.9 Å². The van der Waals surface area contributed by atoms with Crippen LogP contribution in [0.4, 0.5) is 15.8 Å². The average Bonchev–Trinajstić information content (AvgIpc) is 3.14. The number of hydrogen-bond donors (Lipinski definition) is 0. The molecule has 0 radical (unpaired) electrons. The van der Waals surface area contributed by atoms with E-state index >= 15 is 0 Å². The van der Waals surface area contributed by atoms with Crippen molar-refractivity contribution < 1.29 is 23.5 Å². The van der Waals surface area contributed by atoms with Gasteiger partial charge >= 0.3 is 5.97 Å². The zero-order valence-electron chi connectivity index (χ0n) is 15.6. The molecule has 0 spiro atoms.